The summed E-state index contributed by atoms with van der Waals surface area (Å²) in [7, 11) is 0. The summed E-state index contributed by atoms with van der Waals surface area (Å²) in [6.07, 6.45) is 0.632. The average molecular weight is 282 g/mol. The number of hydrogen-bond acceptors (Lipinski definition) is 2. The Labute approximate surface area is 124 Å². The Hall–Kier alpha value is -2.62. The van der Waals surface area contributed by atoms with Crippen molar-refractivity contribution in [3.8, 4) is 0 Å². The van der Waals surface area contributed by atoms with Gasteiger partial charge in [-0.25, -0.2) is 0 Å². The van der Waals surface area contributed by atoms with E-state index in [1.54, 1.807) is 0 Å². The maximum atomic E-state index is 11.3. The van der Waals surface area contributed by atoms with Gasteiger partial charge in [0.25, 0.3) is 0 Å². The third-order valence-electron chi connectivity index (χ3n) is 3.04. The number of amides is 2. The maximum Gasteiger partial charge on any atom is 0.221 e. The highest BCUT2D eigenvalue weighted by atomic mass is 16.2. The summed E-state index contributed by atoms with van der Waals surface area (Å²) < 4.78 is 0. The van der Waals surface area contributed by atoms with Gasteiger partial charge < -0.3 is 10.6 Å². The maximum absolute atomic E-state index is 11.3. The first kappa shape index (κ1) is 14.8. The van der Waals surface area contributed by atoms with Crippen LogP contribution in [0.1, 0.15) is 25.0 Å². The van der Waals surface area contributed by atoms with Crippen LogP contribution >= 0.6 is 0 Å². The molecule has 2 rings (SSSR count). The van der Waals surface area contributed by atoms with E-state index in [1.165, 1.54) is 13.8 Å². The van der Waals surface area contributed by atoms with Crippen molar-refractivity contribution in [3.63, 3.8) is 0 Å². The van der Waals surface area contributed by atoms with Crippen LogP contribution in [0.4, 0.5) is 11.4 Å². The number of hydrogen-bond donors (Lipinski definition) is 2. The van der Waals surface area contributed by atoms with Crippen LogP contribution in [0.25, 0.3) is 0 Å². The molecule has 0 atom stereocenters. The van der Waals surface area contributed by atoms with Crippen LogP contribution in [0, 0.1) is 0 Å². The fraction of sp³-hybridized carbons (Fsp3) is 0.176. The van der Waals surface area contributed by atoms with Crippen molar-refractivity contribution in [2.75, 3.05) is 10.6 Å². The molecule has 0 unspecified atom stereocenters. The predicted octanol–water partition coefficient (Wildman–Crippen LogP) is 3.19. The van der Waals surface area contributed by atoms with E-state index in [4.69, 9.17) is 0 Å². The average Bonchev–Trinajstić information content (AvgIpc) is 2.42. The van der Waals surface area contributed by atoms with Crippen LogP contribution < -0.4 is 10.6 Å². The van der Waals surface area contributed by atoms with E-state index >= 15 is 0 Å². The fourth-order valence-electron chi connectivity index (χ4n) is 2.18. The van der Waals surface area contributed by atoms with Crippen LogP contribution in [0.15, 0.2) is 48.5 Å². The van der Waals surface area contributed by atoms with Crippen molar-refractivity contribution in [2.24, 2.45) is 0 Å². The van der Waals surface area contributed by atoms with Gasteiger partial charge in [-0.2, -0.15) is 0 Å². The molecular weight excluding hydrogens is 264 g/mol. The lowest BCUT2D eigenvalue weighted by atomic mass is 10.0. The SMILES string of the molecule is CC(=O)Nc1ccccc1Cc1ccccc1NC(C)=O. The summed E-state index contributed by atoms with van der Waals surface area (Å²) in [5.74, 6) is -0.199. The molecule has 0 heterocycles. The lowest BCUT2D eigenvalue weighted by Crippen LogP contribution is -2.10. The highest BCUT2D eigenvalue weighted by molar-refractivity contribution is 5.90. The number of rotatable bonds is 4. The number of nitrogens with one attached hydrogen (secondary N) is 2. The molecule has 0 aliphatic rings. The quantitative estimate of drug-likeness (QED) is 0.904. The lowest BCUT2D eigenvalue weighted by molar-refractivity contribution is -0.115. The fourth-order valence-corrected chi connectivity index (χ4v) is 2.18. The van der Waals surface area contributed by atoms with Crippen LogP contribution in [-0.2, 0) is 16.0 Å². The smallest absolute Gasteiger partial charge is 0.221 e. The molecule has 21 heavy (non-hydrogen) atoms. The molecule has 0 saturated carbocycles. The predicted molar refractivity (Wildman–Crippen MR) is 84.3 cm³/mol. The van der Waals surface area contributed by atoms with Crippen LogP contribution in [0.3, 0.4) is 0 Å². The molecule has 0 fully saturated rings. The Bertz CT molecular complexity index is 608. The van der Waals surface area contributed by atoms with Gasteiger partial charge in [0.05, 0.1) is 0 Å². The van der Waals surface area contributed by atoms with Gasteiger partial charge in [-0.05, 0) is 23.3 Å². The molecule has 2 N–H and O–H groups in total. The Morgan fingerprint density at radius 3 is 1.52 bits per heavy atom. The Balaban J connectivity index is 2.30. The molecular formula is C17H18N2O2. The minimum Gasteiger partial charge on any atom is -0.326 e. The Morgan fingerprint density at radius 2 is 1.14 bits per heavy atom. The van der Waals surface area contributed by atoms with Gasteiger partial charge in [0.2, 0.25) is 11.8 Å². The molecule has 2 aromatic rings. The van der Waals surface area contributed by atoms with Gasteiger partial charge in [-0.1, -0.05) is 36.4 Å². The normalized spacial score (nSPS) is 10.0. The van der Waals surface area contributed by atoms with Gasteiger partial charge >= 0.3 is 0 Å². The van der Waals surface area contributed by atoms with Gasteiger partial charge in [-0.15, -0.1) is 0 Å². The molecule has 2 amide bonds. The zero-order chi connectivity index (χ0) is 15.2. The van der Waals surface area contributed by atoms with Crippen molar-refractivity contribution < 1.29 is 9.59 Å². The topological polar surface area (TPSA) is 58.2 Å². The first-order valence-electron chi connectivity index (χ1n) is 6.77. The van der Waals surface area contributed by atoms with Gasteiger partial charge in [0, 0.05) is 31.6 Å². The standard InChI is InChI=1S/C17H18N2O2/c1-12(20)18-16-9-5-3-7-14(16)11-15-8-4-6-10-17(15)19-13(2)21/h3-10H,11H2,1-2H3,(H,18,20)(H,19,21). The van der Waals surface area contributed by atoms with E-state index < -0.39 is 0 Å². The summed E-state index contributed by atoms with van der Waals surface area (Å²) in [6.45, 7) is 2.98. The van der Waals surface area contributed by atoms with E-state index in [0.717, 1.165) is 22.5 Å². The Morgan fingerprint density at radius 1 is 0.762 bits per heavy atom. The molecule has 0 saturated heterocycles. The van der Waals surface area contributed by atoms with Crippen molar-refractivity contribution in [1.29, 1.82) is 0 Å². The summed E-state index contributed by atoms with van der Waals surface area (Å²) in [4.78, 5) is 22.5. The number of anilines is 2. The zero-order valence-corrected chi connectivity index (χ0v) is 12.1. The van der Waals surface area contributed by atoms with Crippen molar-refractivity contribution in [3.05, 3.63) is 59.7 Å². The first-order valence-corrected chi connectivity index (χ1v) is 6.77. The molecule has 108 valence electrons. The molecule has 0 aliphatic carbocycles. The van der Waals surface area contributed by atoms with Crippen molar-refractivity contribution in [2.45, 2.75) is 20.3 Å². The molecule has 0 aliphatic heterocycles. The molecule has 2 aromatic carbocycles. The number of para-hydroxylation sites is 2. The van der Waals surface area contributed by atoms with Gasteiger partial charge in [-0.3, -0.25) is 9.59 Å². The van der Waals surface area contributed by atoms with Crippen molar-refractivity contribution in [1.82, 2.24) is 0 Å². The van der Waals surface area contributed by atoms with E-state index in [1.807, 2.05) is 48.5 Å². The highest BCUT2D eigenvalue weighted by Crippen LogP contribution is 2.23. The largest absolute Gasteiger partial charge is 0.326 e. The van der Waals surface area contributed by atoms with E-state index in [9.17, 15) is 9.59 Å². The second kappa shape index (κ2) is 6.70. The second-order valence-corrected chi connectivity index (χ2v) is 4.85. The number of carbonyl (C=O) groups is 2. The highest BCUT2D eigenvalue weighted by Gasteiger charge is 2.08. The molecule has 0 bridgehead atoms. The lowest BCUT2D eigenvalue weighted by Gasteiger charge is -2.13. The summed E-state index contributed by atoms with van der Waals surface area (Å²) in [5, 5.41) is 5.66. The van der Waals surface area contributed by atoms with E-state index in [2.05, 4.69) is 10.6 Å². The Kier molecular flexibility index (Phi) is 4.72. The van der Waals surface area contributed by atoms with Crippen LogP contribution in [0.2, 0.25) is 0 Å². The number of carbonyl (C=O) groups excluding carboxylic acids is 2. The first-order chi connectivity index (χ1) is 10.1. The van der Waals surface area contributed by atoms with Crippen molar-refractivity contribution >= 4 is 23.2 Å². The summed E-state index contributed by atoms with van der Waals surface area (Å²) >= 11 is 0. The van der Waals surface area contributed by atoms with Gasteiger partial charge in [0.1, 0.15) is 0 Å². The van der Waals surface area contributed by atoms with E-state index in [-0.39, 0.29) is 11.8 Å². The third kappa shape index (κ3) is 4.18. The number of benzene rings is 2. The zero-order valence-electron chi connectivity index (χ0n) is 12.1. The molecule has 0 spiro atoms. The van der Waals surface area contributed by atoms with E-state index in [0.29, 0.717) is 6.42 Å². The molecule has 4 nitrogen and oxygen atoms in total. The summed E-state index contributed by atoms with van der Waals surface area (Å²) in [6, 6.07) is 15.3. The summed E-state index contributed by atoms with van der Waals surface area (Å²) in [5.41, 5.74) is 3.60. The minimum absolute atomic E-state index is 0.0994. The monoisotopic (exact) mass is 282 g/mol. The van der Waals surface area contributed by atoms with Crippen LogP contribution in [-0.4, -0.2) is 11.8 Å². The molecule has 0 aromatic heterocycles. The third-order valence-corrected chi connectivity index (χ3v) is 3.04. The van der Waals surface area contributed by atoms with Gasteiger partial charge in [0.15, 0.2) is 0 Å². The second-order valence-electron chi connectivity index (χ2n) is 4.85. The minimum atomic E-state index is -0.0994. The molecule has 0 radical (unpaired) electrons. The van der Waals surface area contributed by atoms with Crippen LogP contribution in [0.5, 0.6) is 0 Å². The molecule has 4 heteroatoms.